The van der Waals surface area contributed by atoms with Crippen LogP contribution in [0.4, 0.5) is 11.4 Å². The van der Waals surface area contributed by atoms with E-state index in [1.54, 1.807) is 12.1 Å². The number of ether oxygens (including phenoxy) is 2. The summed E-state index contributed by atoms with van der Waals surface area (Å²) in [6.45, 7) is 3.75. The van der Waals surface area contributed by atoms with Crippen LogP contribution >= 0.6 is 11.6 Å². The normalized spacial score (nSPS) is 12.7. The van der Waals surface area contributed by atoms with Gasteiger partial charge in [0.2, 0.25) is 0 Å². The van der Waals surface area contributed by atoms with E-state index in [2.05, 4.69) is 20.2 Å². The standard InChI is InChI=1S/C23H23ClN4O4/c1-3-17-20(24)27-21(26-17)22(29)25-16-7-8-18-19(12-16)32-10-9-28(18)13-14-5-4-6-15(11-14)23(30)31-2/h4-8,11-12H,3,9-10,13H2,1-2H3,(H,25,29)(H,26,27). The number of nitrogens with one attached hydrogen (secondary N) is 2. The van der Waals surface area contributed by atoms with E-state index in [1.165, 1.54) is 7.11 Å². The fourth-order valence-electron chi connectivity index (χ4n) is 3.57. The second-order valence-corrected chi connectivity index (χ2v) is 7.66. The van der Waals surface area contributed by atoms with Gasteiger partial charge in [-0.2, -0.15) is 0 Å². The van der Waals surface area contributed by atoms with Gasteiger partial charge < -0.3 is 24.7 Å². The summed E-state index contributed by atoms with van der Waals surface area (Å²) in [5.74, 6) is 0.0971. The number of anilines is 2. The molecule has 0 fully saturated rings. The molecule has 0 saturated carbocycles. The van der Waals surface area contributed by atoms with Crippen LogP contribution in [0.3, 0.4) is 0 Å². The van der Waals surface area contributed by atoms with Crippen molar-refractivity contribution in [3.63, 3.8) is 0 Å². The van der Waals surface area contributed by atoms with Gasteiger partial charge in [0.25, 0.3) is 5.91 Å². The molecule has 2 heterocycles. The van der Waals surface area contributed by atoms with E-state index in [1.807, 2.05) is 37.3 Å². The average Bonchev–Trinajstić information content (AvgIpc) is 3.19. The van der Waals surface area contributed by atoms with Crippen LogP contribution in [0, 0.1) is 0 Å². The Morgan fingerprint density at radius 1 is 1.28 bits per heavy atom. The highest BCUT2D eigenvalue weighted by molar-refractivity contribution is 6.30. The molecule has 0 unspecified atom stereocenters. The molecule has 4 rings (SSSR count). The number of fused-ring (bicyclic) bond motifs is 1. The third-order valence-electron chi connectivity index (χ3n) is 5.20. The van der Waals surface area contributed by atoms with Gasteiger partial charge in [0, 0.05) is 18.3 Å². The summed E-state index contributed by atoms with van der Waals surface area (Å²) in [7, 11) is 1.37. The van der Waals surface area contributed by atoms with Crippen molar-refractivity contribution in [1.29, 1.82) is 0 Å². The number of aromatic nitrogens is 2. The maximum atomic E-state index is 12.5. The quantitative estimate of drug-likeness (QED) is 0.545. The number of halogens is 1. The van der Waals surface area contributed by atoms with Gasteiger partial charge in [-0.1, -0.05) is 30.7 Å². The highest BCUT2D eigenvalue weighted by Gasteiger charge is 2.20. The number of H-pyrrole nitrogens is 1. The molecule has 1 amide bonds. The van der Waals surface area contributed by atoms with E-state index in [0.717, 1.165) is 16.9 Å². The highest BCUT2D eigenvalue weighted by Crippen LogP contribution is 2.35. The minimum Gasteiger partial charge on any atom is -0.489 e. The number of aromatic amines is 1. The van der Waals surface area contributed by atoms with Crippen LogP contribution < -0.4 is 15.0 Å². The van der Waals surface area contributed by atoms with Crippen molar-refractivity contribution in [2.24, 2.45) is 0 Å². The zero-order valence-corrected chi connectivity index (χ0v) is 18.5. The average molecular weight is 455 g/mol. The number of carbonyl (C=O) groups is 2. The summed E-state index contributed by atoms with van der Waals surface area (Å²) < 4.78 is 10.6. The fraction of sp³-hybridized carbons (Fsp3) is 0.261. The maximum absolute atomic E-state index is 12.5. The van der Waals surface area contributed by atoms with Gasteiger partial charge in [-0.15, -0.1) is 0 Å². The molecule has 0 saturated heterocycles. The van der Waals surface area contributed by atoms with E-state index in [-0.39, 0.29) is 17.7 Å². The van der Waals surface area contributed by atoms with Crippen LogP contribution in [0.2, 0.25) is 5.15 Å². The lowest BCUT2D eigenvalue weighted by Gasteiger charge is -2.31. The summed E-state index contributed by atoms with van der Waals surface area (Å²) in [6.07, 6.45) is 0.657. The molecule has 0 radical (unpaired) electrons. The lowest BCUT2D eigenvalue weighted by molar-refractivity contribution is 0.0600. The van der Waals surface area contributed by atoms with E-state index in [9.17, 15) is 9.59 Å². The largest absolute Gasteiger partial charge is 0.489 e. The Morgan fingerprint density at radius 2 is 2.12 bits per heavy atom. The van der Waals surface area contributed by atoms with Gasteiger partial charge >= 0.3 is 5.97 Å². The monoisotopic (exact) mass is 454 g/mol. The van der Waals surface area contributed by atoms with E-state index in [4.69, 9.17) is 21.1 Å². The van der Waals surface area contributed by atoms with Gasteiger partial charge in [0.15, 0.2) is 11.0 Å². The Labute approximate surface area is 190 Å². The molecule has 1 aliphatic heterocycles. The first kappa shape index (κ1) is 21.7. The number of methoxy groups -OCH3 is 1. The van der Waals surface area contributed by atoms with Crippen LogP contribution in [0.1, 0.15) is 39.2 Å². The molecular weight excluding hydrogens is 432 g/mol. The Hall–Kier alpha value is -3.52. The Morgan fingerprint density at radius 3 is 2.88 bits per heavy atom. The molecule has 0 bridgehead atoms. The van der Waals surface area contributed by atoms with Gasteiger partial charge in [-0.05, 0) is 36.2 Å². The Bertz CT molecular complexity index is 1160. The van der Waals surface area contributed by atoms with Crippen molar-refractivity contribution in [2.75, 3.05) is 30.5 Å². The van der Waals surface area contributed by atoms with Crippen LogP contribution in [0.25, 0.3) is 0 Å². The molecule has 0 spiro atoms. The molecular formula is C23H23ClN4O4. The van der Waals surface area contributed by atoms with Crippen molar-refractivity contribution in [2.45, 2.75) is 19.9 Å². The Balaban J connectivity index is 1.50. The molecule has 1 aliphatic rings. The zero-order valence-electron chi connectivity index (χ0n) is 17.8. The number of amides is 1. The number of benzene rings is 2. The number of esters is 1. The molecule has 2 N–H and O–H groups in total. The minimum absolute atomic E-state index is 0.164. The lowest BCUT2D eigenvalue weighted by Crippen LogP contribution is -2.32. The van der Waals surface area contributed by atoms with Crippen LogP contribution in [0.15, 0.2) is 42.5 Å². The number of rotatable bonds is 6. The third-order valence-corrected chi connectivity index (χ3v) is 5.51. The highest BCUT2D eigenvalue weighted by atomic mass is 35.5. The van der Waals surface area contributed by atoms with Crippen LogP contribution in [0.5, 0.6) is 5.75 Å². The SMILES string of the molecule is CCc1[nH]c(C(=O)Nc2ccc3c(c2)OCCN3Cc2cccc(C(=O)OC)c2)nc1Cl. The summed E-state index contributed by atoms with van der Waals surface area (Å²) in [5.41, 5.74) is 3.72. The number of hydrogen-bond donors (Lipinski definition) is 2. The topological polar surface area (TPSA) is 96.6 Å². The van der Waals surface area contributed by atoms with Crippen molar-refractivity contribution < 1.29 is 19.1 Å². The van der Waals surface area contributed by atoms with Crippen LogP contribution in [-0.4, -0.2) is 42.1 Å². The van der Waals surface area contributed by atoms with E-state index < -0.39 is 0 Å². The molecule has 1 aromatic heterocycles. The van der Waals surface area contributed by atoms with Crippen molar-refractivity contribution in [3.8, 4) is 5.75 Å². The molecule has 3 aromatic rings. The predicted octanol–water partition coefficient (Wildman–Crippen LogP) is 4.06. The third kappa shape index (κ3) is 4.55. The number of aryl methyl sites for hydroxylation is 1. The number of imidazole rings is 1. The molecule has 2 aromatic carbocycles. The molecule has 0 aliphatic carbocycles. The second kappa shape index (κ2) is 9.32. The first-order valence-corrected chi connectivity index (χ1v) is 10.6. The second-order valence-electron chi connectivity index (χ2n) is 7.31. The molecule has 0 atom stereocenters. The summed E-state index contributed by atoms with van der Waals surface area (Å²) in [4.78, 5) is 33.5. The number of hydrogen-bond acceptors (Lipinski definition) is 6. The first-order chi connectivity index (χ1) is 15.5. The van der Waals surface area contributed by atoms with Crippen molar-refractivity contribution in [1.82, 2.24) is 9.97 Å². The number of nitrogens with zero attached hydrogens (tertiary/aromatic N) is 2. The fourth-order valence-corrected chi connectivity index (χ4v) is 3.84. The van der Waals surface area contributed by atoms with Crippen LogP contribution in [-0.2, 0) is 17.7 Å². The molecule has 166 valence electrons. The van der Waals surface area contributed by atoms with Gasteiger partial charge in [-0.3, -0.25) is 4.79 Å². The lowest BCUT2D eigenvalue weighted by atomic mass is 10.1. The molecule has 8 nitrogen and oxygen atoms in total. The molecule has 9 heteroatoms. The van der Waals surface area contributed by atoms with Gasteiger partial charge in [-0.25, -0.2) is 9.78 Å². The summed E-state index contributed by atoms with van der Waals surface area (Å²) >= 11 is 6.03. The smallest absolute Gasteiger partial charge is 0.337 e. The van der Waals surface area contributed by atoms with Crippen molar-refractivity contribution in [3.05, 3.63) is 70.3 Å². The van der Waals surface area contributed by atoms with Crippen molar-refractivity contribution >= 4 is 34.9 Å². The molecule has 32 heavy (non-hydrogen) atoms. The summed E-state index contributed by atoms with van der Waals surface area (Å²) in [5, 5.41) is 3.13. The predicted molar refractivity (Wildman–Crippen MR) is 122 cm³/mol. The van der Waals surface area contributed by atoms with E-state index in [0.29, 0.717) is 48.3 Å². The first-order valence-electron chi connectivity index (χ1n) is 10.2. The van der Waals surface area contributed by atoms with E-state index >= 15 is 0 Å². The van der Waals surface area contributed by atoms with Gasteiger partial charge in [0.05, 0.1) is 30.6 Å². The summed E-state index contributed by atoms with van der Waals surface area (Å²) in [6, 6.07) is 12.9. The van der Waals surface area contributed by atoms with Gasteiger partial charge in [0.1, 0.15) is 12.4 Å². The maximum Gasteiger partial charge on any atom is 0.337 e. The Kier molecular flexibility index (Phi) is 6.32. The zero-order chi connectivity index (χ0) is 22.7. The minimum atomic E-state index is -0.376. The number of carbonyl (C=O) groups excluding carboxylic acids is 2.